The van der Waals surface area contributed by atoms with Crippen molar-refractivity contribution in [1.29, 1.82) is 0 Å². The number of hydrogen-bond donors (Lipinski definition) is 1. The van der Waals surface area contributed by atoms with Crippen LogP contribution in [0.2, 0.25) is 0 Å². The lowest BCUT2D eigenvalue weighted by molar-refractivity contribution is -0.384. The summed E-state index contributed by atoms with van der Waals surface area (Å²) >= 11 is 0. The van der Waals surface area contributed by atoms with Gasteiger partial charge in [0.15, 0.2) is 0 Å². The Morgan fingerprint density at radius 2 is 1.88 bits per heavy atom. The molecule has 0 radical (unpaired) electrons. The molecule has 0 aliphatic heterocycles. The maximum Gasteiger partial charge on any atom is 0.269 e. The van der Waals surface area contributed by atoms with Gasteiger partial charge in [0, 0.05) is 24.9 Å². The van der Waals surface area contributed by atoms with Crippen molar-refractivity contribution in [3.8, 4) is 0 Å². The molecule has 1 aromatic rings. The minimum absolute atomic E-state index is 0.0144. The third-order valence-corrected chi connectivity index (χ3v) is 2.74. The number of rotatable bonds is 4. The molecular formula is C11H16N2O3. The topological polar surface area (TPSA) is 66.6 Å². The first-order valence-electron chi connectivity index (χ1n) is 4.97. The van der Waals surface area contributed by atoms with Crippen molar-refractivity contribution in [2.75, 3.05) is 18.6 Å². The lowest BCUT2D eigenvalue weighted by Gasteiger charge is -2.35. The van der Waals surface area contributed by atoms with E-state index in [-0.39, 0.29) is 12.3 Å². The van der Waals surface area contributed by atoms with Gasteiger partial charge in [-0.3, -0.25) is 10.1 Å². The number of hydrogen-bond acceptors (Lipinski definition) is 4. The van der Waals surface area contributed by atoms with Crippen LogP contribution in [-0.4, -0.2) is 29.2 Å². The Morgan fingerprint density at radius 3 is 2.25 bits per heavy atom. The summed E-state index contributed by atoms with van der Waals surface area (Å²) < 4.78 is 0. The molecule has 1 aromatic carbocycles. The van der Waals surface area contributed by atoms with Gasteiger partial charge in [-0.15, -0.1) is 0 Å². The predicted octanol–water partition coefficient (Wildman–Crippen LogP) is 1.80. The Balaban J connectivity index is 2.94. The van der Waals surface area contributed by atoms with Crippen molar-refractivity contribution in [1.82, 2.24) is 0 Å². The van der Waals surface area contributed by atoms with E-state index in [0.717, 1.165) is 5.69 Å². The lowest BCUT2D eigenvalue weighted by Crippen LogP contribution is -2.44. The third-order valence-electron chi connectivity index (χ3n) is 2.74. The minimum Gasteiger partial charge on any atom is -0.394 e. The number of nitrogens with zero attached hydrogens (tertiary/aromatic N) is 2. The standard InChI is InChI=1S/C11H16N2O3/c1-11(2,8-14)12(3)9-4-6-10(7-5-9)13(15)16/h4-7,14H,8H2,1-3H3. The summed E-state index contributed by atoms with van der Waals surface area (Å²) in [6, 6.07) is 6.27. The Hall–Kier alpha value is -1.62. The van der Waals surface area contributed by atoms with E-state index >= 15 is 0 Å². The van der Waals surface area contributed by atoms with Gasteiger partial charge in [-0.2, -0.15) is 0 Å². The van der Waals surface area contributed by atoms with Crippen molar-refractivity contribution in [2.24, 2.45) is 0 Å². The molecule has 0 spiro atoms. The van der Waals surface area contributed by atoms with Crippen LogP contribution in [0, 0.1) is 10.1 Å². The largest absolute Gasteiger partial charge is 0.394 e. The average Bonchev–Trinajstić information content (AvgIpc) is 2.28. The molecule has 0 aliphatic carbocycles. The van der Waals surface area contributed by atoms with Crippen LogP contribution in [0.3, 0.4) is 0 Å². The van der Waals surface area contributed by atoms with E-state index in [2.05, 4.69) is 0 Å². The van der Waals surface area contributed by atoms with Crippen molar-refractivity contribution in [3.05, 3.63) is 34.4 Å². The van der Waals surface area contributed by atoms with Crippen molar-refractivity contribution in [2.45, 2.75) is 19.4 Å². The predicted molar refractivity (Wildman–Crippen MR) is 62.7 cm³/mol. The number of aliphatic hydroxyl groups is 1. The fourth-order valence-corrected chi connectivity index (χ4v) is 1.25. The van der Waals surface area contributed by atoms with Crippen LogP contribution in [0.15, 0.2) is 24.3 Å². The second-order valence-corrected chi connectivity index (χ2v) is 4.30. The van der Waals surface area contributed by atoms with Gasteiger partial charge in [-0.25, -0.2) is 0 Å². The van der Waals surface area contributed by atoms with E-state index in [0.29, 0.717) is 0 Å². The van der Waals surface area contributed by atoms with Gasteiger partial charge in [0.25, 0.3) is 5.69 Å². The minimum atomic E-state index is -0.430. The van der Waals surface area contributed by atoms with Gasteiger partial charge in [-0.1, -0.05) is 0 Å². The number of benzene rings is 1. The highest BCUT2D eigenvalue weighted by molar-refractivity contribution is 5.52. The van der Waals surface area contributed by atoms with E-state index in [1.54, 1.807) is 12.1 Å². The maximum atomic E-state index is 10.5. The van der Waals surface area contributed by atoms with Crippen molar-refractivity contribution >= 4 is 11.4 Å². The van der Waals surface area contributed by atoms with Crippen LogP contribution in [0.25, 0.3) is 0 Å². The van der Waals surface area contributed by atoms with Crippen LogP contribution in [0.4, 0.5) is 11.4 Å². The van der Waals surface area contributed by atoms with Crippen LogP contribution in [0.5, 0.6) is 0 Å². The summed E-state index contributed by atoms with van der Waals surface area (Å²) in [6.45, 7) is 3.81. The number of nitro groups is 1. The first-order chi connectivity index (χ1) is 7.38. The molecule has 0 amide bonds. The van der Waals surface area contributed by atoms with E-state index in [9.17, 15) is 15.2 Å². The number of anilines is 1. The second-order valence-electron chi connectivity index (χ2n) is 4.30. The summed E-state index contributed by atoms with van der Waals surface area (Å²) in [5.41, 5.74) is 0.513. The lowest BCUT2D eigenvalue weighted by atomic mass is 10.0. The monoisotopic (exact) mass is 224 g/mol. The highest BCUT2D eigenvalue weighted by Crippen LogP contribution is 2.24. The molecule has 16 heavy (non-hydrogen) atoms. The van der Waals surface area contributed by atoms with E-state index in [1.807, 2.05) is 25.8 Å². The molecule has 0 unspecified atom stereocenters. The number of nitro benzene ring substituents is 1. The van der Waals surface area contributed by atoms with Gasteiger partial charge in [0.2, 0.25) is 0 Å². The third kappa shape index (κ3) is 2.49. The molecule has 1 rings (SSSR count). The molecule has 0 bridgehead atoms. The van der Waals surface area contributed by atoms with Crippen molar-refractivity contribution < 1.29 is 10.0 Å². The van der Waals surface area contributed by atoms with Gasteiger partial charge in [0.05, 0.1) is 17.1 Å². The summed E-state index contributed by atoms with van der Waals surface area (Å²) in [5.74, 6) is 0. The summed E-state index contributed by atoms with van der Waals surface area (Å²) in [5, 5.41) is 19.7. The quantitative estimate of drug-likeness (QED) is 0.625. The van der Waals surface area contributed by atoms with Crippen LogP contribution in [-0.2, 0) is 0 Å². The van der Waals surface area contributed by atoms with E-state index in [1.165, 1.54) is 12.1 Å². The first kappa shape index (κ1) is 12.4. The highest BCUT2D eigenvalue weighted by atomic mass is 16.6. The van der Waals surface area contributed by atoms with E-state index in [4.69, 9.17) is 0 Å². The Morgan fingerprint density at radius 1 is 1.38 bits per heavy atom. The van der Waals surface area contributed by atoms with Gasteiger partial charge < -0.3 is 10.0 Å². The SMILES string of the molecule is CN(c1ccc([N+](=O)[O-])cc1)C(C)(C)CO. The molecule has 0 aromatic heterocycles. The Labute approximate surface area is 94.5 Å². The molecule has 0 atom stereocenters. The summed E-state index contributed by atoms with van der Waals surface area (Å²) in [6.07, 6.45) is 0. The first-order valence-corrected chi connectivity index (χ1v) is 4.97. The molecule has 1 N–H and O–H groups in total. The smallest absolute Gasteiger partial charge is 0.269 e. The molecule has 0 aliphatic rings. The molecule has 88 valence electrons. The molecule has 0 heterocycles. The number of likely N-dealkylation sites (N-methyl/N-ethyl adjacent to an activating group) is 1. The summed E-state index contributed by atoms with van der Waals surface area (Å²) in [4.78, 5) is 11.9. The summed E-state index contributed by atoms with van der Waals surface area (Å²) in [7, 11) is 1.84. The van der Waals surface area contributed by atoms with E-state index < -0.39 is 10.5 Å². The van der Waals surface area contributed by atoms with Gasteiger partial charge >= 0.3 is 0 Å². The second kappa shape index (κ2) is 4.49. The fourth-order valence-electron chi connectivity index (χ4n) is 1.25. The molecule has 0 saturated carbocycles. The normalized spacial score (nSPS) is 11.2. The van der Waals surface area contributed by atoms with Crippen LogP contribution < -0.4 is 4.90 Å². The number of non-ortho nitro benzene ring substituents is 1. The zero-order valence-corrected chi connectivity index (χ0v) is 9.67. The zero-order chi connectivity index (χ0) is 12.3. The fraction of sp³-hybridized carbons (Fsp3) is 0.455. The van der Waals surface area contributed by atoms with Crippen LogP contribution >= 0.6 is 0 Å². The molecule has 5 heteroatoms. The molecule has 5 nitrogen and oxygen atoms in total. The Bertz CT molecular complexity index is 373. The molecular weight excluding hydrogens is 208 g/mol. The van der Waals surface area contributed by atoms with Gasteiger partial charge in [0.1, 0.15) is 0 Å². The molecule has 0 saturated heterocycles. The van der Waals surface area contributed by atoms with Crippen molar-refractivity contribution in [3.63, 3.8) is 0 Å². The van der Waals surface area contributed by atoms with Gasteiger partial charge in [-0.05, 0) is 26.0 Å². The Kier molecular flexibility index (Phi) is 3.49. The zero-order valence-electron chi connectivity index (χ0n) is 9.67. The van der Waals surface area contributed by atoms with Crippen LogP contribution in [0.1, 0.15) is 13.8 Å². The number of aliphatic hydroxyl groups excluding tert-OH is 1. The maximum absolute atomic E-state index is 10.5. The highest BCUT2D eigenvalue weighted by Gasteiger charge is 2.22. The average molecular weight is 224 g/mol. The molecule has 0 fully saturated rings.